The molecule has 0 aliphatic carbocycles. The third kappa shape index (κ3) is 4.53. The van der Waals surface area contributed by atoms with Crippen molar-refractivity contribution in [3.05, 3.63) is 87.6 Å². The third-order valence-electron chi connectivity index (χ3n) is 5.05. The molecule has 5 nitrogen and oxygen atoms in total. The normalized spacial score (nSPS) is 14.6. The van der Waals surface area contributed by atoms with Crippen molar-refractivity contribution in [2.45, 2.75) is 24.8 Å². The van der Waals surface area contributed by atoms with Gasteiger partial charge in [-0.25, -0.2) is 8.42 Å². The molecule has 0 spiro atoms. The van der Waals surface area contributed by atoms with Gasteiger partial charge < -0.3 is 5.32 Å². The number of anilines is 1. The van der Waals surface area contributed by atoms with Crippen molar-refractivity contribution >= 4 is 39.0 Å². The molecule has 0 bridgehead atoms. The van der Waals surface area contributed by atoms with E-state index >= 15 is 0 Å². The molecular weight excluding hydrogens is 416 g/mol. The van der Waals surface area contributed by atoms with Gasteiger partial charge in [-0.1, -0.05) is 29.8 Å². The highest BCUT2D eigenvalue weighted by molar-refractivity contribution is 7.89. The van der Waals surface area contributed by atoms with Gasteiger partial charge in [0.05, 0.1) is 4.90 Å². The highest BCUT2D eigenvalue weighted by Gasteiger charge is 2.28. The molecule has 1 amide bonds. The molecule has 0 fully saturated rings. The number of fused-ring (bicyclic) bond motifs is 1. The minimum Gasteiger partial charge on any atom is -0.323 e. The molecule has 1 aromatic heterocycles. The average Bonchev–Trinajstić information content (AvgIpc) is 3.26. The summed E-state index contributed by atoms with van der Waals surface area (Å²) in [7, 11) is -3.56. The molecular formula is C23H22N2O3S2. The van der Waals surface area contributed by atoms with E-state index in [-0.39, 0.29) is 5.91 Å². The van der Waals surface area contributed by atoms with Gasteiger partial charge in [-0.15, -0.1) is 11.3 Å². The van der Waals surface area contributed by atoms with Crippen molar-refractivity contribution in [1.29, 1.82) is 0 Å². The zero-order chi connectivity index (χ0) is 21.1. The van der Waals surface area contributed by atoms with Gasteiger partial charge in [0.1, 0.15) is 0 Å². The summed E-state index contributed by atoms with van der Waals surface area (Å²) in [6, 6.07) is 16.5. The number of thiophene rings is 1. The Balaban J connectivity index is 1.49. The van der Waals surface area contributed by atoms with Crippen LogP contribution in [-0.4, -0.2) is 25.2 Å². The first-order chi connectivity index (χ1) is 14.4. The predicted octanol–water partition coefficient (Wildman–Crippen LogP) is 4.46. The maximum Gasteiger partial charge on any atom is 0.248 e. The Bertz CT molecular complexity index is 1180. The minimum atomic E-state index is -3.56. The molecule has 2 heterocycles. The number of nitrogens with one attached hydrogen (secondary N) is 1. The quantitative estimate of drug-likeness (QED) is 0.598. The van der Waals surface area contributed by atoms with Crippen LogP contribution in [0.1, 0.15) is 21.6 Å². The topological polar surface area (TPSA) is 66.5 Å². The molecule has 154 valence electrons. The Hall–Kier alpha value is -2.74. The van der Waals surface area contributed by atoms with Crippen molar-refractivity contribution in [3.63, 3.8) is 0 Å². The number of sulfonamides is 1. The lowest BCUT2D eigenvalue weighted by molar-refractivity contribution is -0.111. The molecule has 7 heteroatoms. The van der Waals surface area contributed by atoms with Crippen LogP contribution in [0.2, 0.25) is 0 Å². The van der Waals surface area contributed by atoms with E-state index in [1.165, 1.54) is 10.4 Å². The second kappa shape index (κ2) is 8.55. The first kappa shape index (κ1) is 20.5. The lowest BCUT2D eigenvalue weighted by atomic mass is 10.0. The van der Waals surface area contributed by atoms with Crippen molar-refractivity contribution in [3.8, 4) is 0 Å². The number of carbonyl (C=O) groups excluding carboxylic acids is 1. The van der Waals surface area contributed by atoms with E-state index < -0.39 is 10.0 Å². The van der Waals surface area contributed by atoms with Gasteiger partial charge in [0.2, 0.25) is 15.9 Å². The number of nitrogens with zero attached hydrogens (tertiary/aromatic N) is 1. The van der Waals surface area contributed by atoms with Crippen molar-refractivity contribution in [2.75, 3.05) is 11.9 Å². The van der Waals surface area contributed by atoms with Gasteiger partial charge in [-0.3, -0.25) is 4.79 Å². The Kier molecular flexibility index (Phi) is 5.85. The number of hydrogen-bond donors (Lipinski definition) is 1. The zero-order valence-electron chi connectivity index (χ0n) is 16.5. The van der Waals surface area contributed by atoms with E-state index in [0.717, 1.165) is 21.6 Å². The summed E-state index contributed by atoms with van der Waals surface area (Å²) in [5.41, 5.74) is 3.70. The van der Waals surface area contributed by atoms with Gasteiger partial charge in [0, 0.05) is 29.7 Å². The Morgan fingerprint density at radius 3 is 2.63 bits per heavy atom. The van der Waals surface area contributed by atoms with Crippen LogP contribution >= 0.6 is 11.3 Å². The second-order valence-electron chi connectivity index (χ2n) is 7.22. The molecule has 0 radical (unpaired) electrons. The lowest BCUT2D eigenvalue weighted by Crippen LogP contribution is -2.36. The number of amides is 1. The van der Waals surface area contributed by atoms with Gasteiger partial charge in [0.25, 0.3) is 0 Å². The molecule has 0 saturated heterocycles. The number of carbonyl (C=O) groups is 1. The van der Waals surface area contributed by atoms with Gasteiger partial charge >= 0.3 is 0 Å². The van der Waals surface area contributed by atoms with Crippen LogP contribution in [0.4, 0.5) is 5.69 Å². The van der Waals surface area contributed by atoms with Crippen LogP contribution in [0.5, 0.6) is 0 Å². The predicted molar refractivity (Wildman–Crippen MR) is 121 cm³/mol. The smallest absolute Gasteiger partial charge is 0.248 e. The van der Waals surface area contributed by atoms with Crippen LogP contribution in [0.3, 0.4) is 0 Å². The number of aryl methyl sites for hydroxylation is 1. The molecule has 0 unspecified atom stereocenters. The van der Waals surface area contributed by atoms with E-state index in [9.17, 15) is 13.2 Å². The second-order valence-corrected chi connectivity index (χ2v) is 10.1. The SMILES string of the molecule is Cc1ccc(S(=O)(=O)N2CCc3ccc(NC(=O)/C=C/c4cccs4)cc3C2)cc1. The zero-order valence-corrected chi connectivity index (χ0v) is 18.2. The first-order valence-electron chi connectivity index (χ1n) is 9.63. The summed E-state index contributed by atoms with van der Waals surface area (Å²) in [6.45, 7) is 2.66. The molecule has 0 saturated carbocycles. The summed E-state index contributed by atoms with van der Waals surface area (Å²) in [5, 5.41) is 4.81. The summed E-state index contributed by atoms with van der Waals surface area (Å²) >= 11 is 1.56. The van der Waals surface area contributed by atoms with Crippen molar-refractivity contribution in [1.82, 2.24) is 4.31 Å². The highest BCUT2D eigenvalue weighted by Crippen LogP contribution is 2.27. The van der Waals surface area contributed by atoms with Crippen molar-refractivity contribution in [2.24, 2.45) is 0 Å². The minimum absolute atomic E-state index is 0.219. The highest BCUT2D eigenvalue weighted by atomic mass is 32.2. The van der Waals surface area contributed by atoms with E-state index in [1.807, 2.05) is 54.8 Å². The van der Waals surface area contributed by atoms with Crippen LogP contribution in [0.25, 0.3) is 6.08 Å². The molecule has 1 N–H and O–H groups in total. The molecule has 0 atom stereocenters. The Morgan fingerprint density at radius 1 is 1.10 bits per heavy atom. The van der Waals surface area contributed by atoms with Crippen molar-refractivity contribution < 1.29 is 13.2 Å². The fourth-order valence-electron chi connectivity index (χ4n) is 3.40. The van der Waals surface area contributed by atoms with E-state index in [0.29, 0.717) is 30.1 Å². The molecule has 3 aromatic rings. The maximum absolute atomic E-state index is 13.0. The summed E-state index contributed by atoms with van der Waals surface area (Å²) in [6.07, 6.45) is 3.92. The fourth-order valence-corrected chi connectivity index (χ4v) is 5.44. The number of benzene rings is 2. The maximum atomic E-state index is 13.0. The molecule has 1 aliphatic heterocycles. The average molecular weight is 439 g/mol. The number of rotatable bonds is 5. The van der Waals surface area contributed by atoms with Crippen LogP contribution in [-0.2, 0) is 27.8 Å². The Morgan fingerprint density at radius 2 is 1.90 bits per heavy atom. The summed E-state index contributed by atoms with van der Waals surface area (Å²) in [4.78, 5) is 13.5. The van der Waals surface area contributed by atoms with Crippen LogP contribution in [0.15, 0.2) is 70.9 Å². The molecule has 4 rings (SSSR count). The number of hydrogen-bond acceptors (Lipinski definition) is 4. The van der Waals surface area contributed by atoms with E-state index in [1.54, 1.807) is 29.5 Å². The summed E-state index contributed by atoms with van der Waals surface area (Å²) in [5.74, 6) is -0.219. The van der Waals surface area contributed by atoms with E-state index in [4.69, 9.17) is 0 Å². The largest absolute Gasteiger partial charge is 0.323 e. The van der Waals surface area contributed by atoms with Gasteiger partial charge in [-0.2, -0.15) is 4.31 Å². The molecule has 1 aliphatic rings. The van der Waals surface area contributed by atoms with E-state index in [2.05, 4.69) is 5.32 Å². The van der Waals surface area contributed by atoms with Crippen LogP contribution < -0.4 is 5.32 Å². The Labute approximate surface area is 180 Å². The first-order valence-corrected chi connectivity index (χ1v) is 11.9. The lowest BCUT2D eigenvalue weighted by Gasteiger charge is -2.28. The molecule has 30 heavy (non-hydrogen) atoms. The van der Waals surface area contributed by atoms with Gasteiger partial charge in [-0.05, 0) is 66.3 Å². The third-order valence-corrected chi connectivity index (χ3v) is 7.75. The van der Waals surface area contributed by atoms with Gasteiger partial charge in [0.15, 0.2) is 0 Å². The molecule has 2 aromatic carbocycles. The standard InChI is InChI=1S/C23H22N2O3S2/c1-17-4-9-22(10-5-17)30(27,28)25-13-12-18-6-7-20(15-19(18)16-25)24-23(26)11-8-21-3-2-14-29-21/h2-11,14-15H,12-13,16H2,1H3,(H,24,26)/b11-8+. The monoisotopic (exact) mass is 438 g/mol. The fraction of sp³-hybridized carbons (Fsp3) is 0.174. The summed E-state index contributed by atoms with van der Waals surface area (Å²) < 4.78 is 27.5. The van der Waals surface area contributed by atoms with Crippen LogP contribution in [0, 0.1) is 6.92 Å².